The van der Waals surface area contributed by atoms with E-state index in [1.807, 2.05) is 24.3 Å². The summed E-state index contributed by atoms with van der Waals surface area (Å²) in [5.41, 5.74) is 1.15. The van der Waals surface area contributed by atoms with Gasteiger partial charge in [-0.05, 0) is 25.1 Å². The topological polar surface area (TPSA) is 63.9 Å². The Morgan fingerprint density at radius 2 is 2.16 bits per heavy atom. The molecular formula is C19H24N2O4. The predicted molar refractivity (Wildman–Crippen MR) is 93.7 cm³/mol. The van der Waals surface area contributed by atoms with Crippen LogP contribution in [0.3, 0.4) is 0 Å². The summed E-state index contributed by atoms with van der Waals surface area (Å²) in [6, 6.07) is 11.8. The lowest BCUT2D eigenvalue weighted by Gasteiger charge is -2.36. The van der Waals surface area contributed by atoms with Crippen molar-refractivity contribution < 1.29 is 18.7 Å². The molecule has 0 aliphatic carbocycles. The minimum Gasteiger partial charge on any atom is -0.496 e. The minimum atomic E-state index is -0.421. The largest absolute Gasteiger partial charge is 0.496 e. The van der Waals surface area contributed by atoms with Crippen molar-refractivity contribution in [2.24, 2.45) is 0 Å². The molecule has 0 bridgehead atoms. The number of piperazine rings is 1. The van der Waals surface area contributed by atoms with Crippen molar-refractivity contribution in [2.45, 2.75) is 19.5 Å². The van der Waals surface area contributed by atoms with E-state index in [0.29, 0.717) is 13.2 Å². The van der Waals surface area contributed by atoms with Gasteiger partial charge in [0, 0.05) is 25.2 Å². The first kappa shape index (κ1) is 17.5. The van der Waals surface area contributed by atoms with Crippen LogP contribution in [0.5, 0.6) is 5.75 Å². The van der Waals surface area contributed by atoms with E-state index in [-0.39, 0.29) is 11.8 Å². The fraction of sp³-hybridized carbons (Fsp3) is 0.421. The van der Waals surface area contributed by atoms with E-state index >= 15 is 0 Å². The fourth-order valence-electron chi connectivity index (χ4n) is 3.16. The summed E-state index contributed by atoms with van der Waals surface area (Å²) >= 11 is 0. The van der Waals surface area contributed by atoms with Crippen LogP contribution in [0, 0.1) is 0 Å². The van der Waals surface area contributed by atoms with E-state index in [1.165, 1.54) is 0 Å². The molecule has 134 valence electrons. The Morgan fingerprint density at radius 3 is 2.96 bits per heavy atom. The Labute approximate surface area is 147 Å². The standard InChI is InChI=1S/C19H24N2O4/c1-3-24-19(22)18-9-8-14(25-18)13-21-11-10-20-12-16(21)15-6-4-5-7-17(15)23-2/h4-9,16,20H,3,10-13H2,1-2H3. The van der Waals surface area contributed by atoms with E-state index in [1.54, 1.807) is 20.1 Å². The molecule has 1 unspecified atom stereocenters. The molecule has 6 heteroatoms. The first-order valence-corrected chi connectivity index (χ1v) is 8.56. The normalized spacial score (nSPS) is 18.1. The summed E-state index contributed by atoms with van der Waals surface area (Å²) in [5.74, 6) is 1.47. The van der Waals surface area contributed by atoms with Gasteiger partial charge in [0.05, 0.1) is 26.3 Å². The number of hydrogen-bond donors (Lipinski definition) is 1. The molecule has 0 radical (unpaired) electrons. The molecule has 1 aromatic heterocycles. The van der Waals surface area contributed by atoms with Crippen LogP contribution in [0.25, 0.3) is 0 Å². The molecule has 2 heterocycles. The molecule has 6 nitrogen and oxygen atoms in total. The van der Waals surface area contributed by atoms with Crippen molar-refractivity contribution >= 4 is 5.97 Å². The minimum absolute atomic E-state index is 0.182. The number of methoxy groups -OCH3 is 1. The Morgan fingerprint density at radius 1 is 1.32 bits per heavy atom. The maximum absolute atomic E-state index is 11.8. The molecule has 0 spiro atoms. The highest BCUT2D eigenvalue weighted by Gasteiger charge is 2.27. The van der Waals surface area contributed by atoms with Crippen molar-refractivity contribution in [1.82, 2.24) is 10.2 Å². The average molecular weight is 344 g/mol. The highest BCUT2D eigenvalue weighted by Crippen LogP contribution is 2.31. The zero-order chi connectivity index (χ0) is 17.6. The molecule has 1 aliphatic heterocycles. The molecule has 25 heavy (non-hydrogen) atoms. The van der Waals surface area contributed by atoms with Crippen LogP contribution in [-0.4, -0.2) is 44.2 Å². The smallest absolute Gasteiger partial charge is 0.374 e. The maximum atomic E-state index is 11.8. The van der Waals surface area contributed by atoms with Gasteiger partial charge in [-0.15, -0.1) is 0 Å². The van der Waals surface area contributed by atoms with Crippen LogP contribution in [0.4, 0.5) is 0 Å². The number of esters is 1. The predicted octanol–water partition coefficient (Wildman–Crippen LogP) is 2.61. The molecule has 1 atom stereocenters. The lowest BCUT2D eigenvalue weighted by molar-refractivity contribution is 0.0484. The number of hydrogen-bond acceptors (Lipinski definition) is 6. The number of rotatable bonds is 6. The molecule has 2 aromatic rings. The Hall–Kier alpha value is -2.31. The van der Waals surface area contributed by atoms with Crippen LogP contribution in [0.2, 0.25) is 0 Å². The number of nitrogens with zero attached hydrogens (tertiary/aromatic N) is 1. The van der Waals surface area contributed by atoms with Gasteiger partial charge in [-0.2, -0.15) is 0 Å². The van der Waals surface area contributed by atoms with Crippen LogP contribution >= 0.6 is 0 Å². The van der Waals surface area contributed by atoms with Crippen molar-refractivity contribution in [2.75, 3.05) is 33.4 Å². The monoisotopic (exact) mass is 344 g/mol. The molecule has 0 amide bonds. The third-order valence-corrected chi connectivity index (χ3v) is 4.35. The third kappa shape index (κ3) is 4.03. The zero-order valence-corrected chi connectivity index (χ0v) is 14.7. The van der Waals surface area contributed by atoms with Gasteiger partial charge in [0.25, 0.3) is 0 Å². The SMILES string of the molecule is CCOC(=O)c1ccc(CN2CCNCC2c2ccccc2OC)o1. The number of para-hydroxylation sites is 1. The molecule has 1 saturated heterocycles. The third-order valence-electron chi connectivity index (χ3n) is 4.35. The molecule has 1 aromatic carbocycles. The first-order chi connectivity index (χ1) is 12.2. The van der Waals surface area contributed by atoms with Crippen molar-refractivity contribution in [1.29, 1.82) is 0 Å². The van der Waals surface area contributed by atoms with E-state index < -0.39 is 5.97 Å². The second-order valence-electron chi connectivity index (χ2n) is 5.92. The summed E-state index contributed by atoms with van der Waals surface area (Å²) in [7, 11) is 1.69. The zero-order valence-electron chi connectivity index (χ0n) is 14.7. The lowest BCUT2D eigenvalue weighted by Crippen LogP contribution is -2.45. The molecule has 1 aliphatic rings. The van der Waals surface area contributed by atoms with Crippen LogP contribution < -0.4 is 10.1 Å². The summed E-state index contributed by atoms with van der Waals surface area (Å²) in [5, 5.41) is 3.44. The summed E-state index contributed by atoms with van der Waals surface area (Å²) < 4.78 is 16.2. The van der Waals surface area contributed by atoms with Crippen LogP contribution in [-0.2, 0) is 11.3 Å². The van der Waals surface area contributed by atoms with Gasteiger partial charge in [0.2, 0.25) is 5.76 Å². The number of carbonyl (C=O) groups is 1. The summed E-state index contributed by atoms with van der Waals surface area (Å²) in [4.78, 5) is 14.1. The van der Waals surface area contributed by atoms with Crippen LogP contribution in [0.1, 0.15) is 34.8 Å². The molecule has 1 N–H and O–H groups in total. The van der Waals surface area contributed by atoms with Gasteiger partial charge >= 0.3 is 5.97 Å². The second kappa shape index (κ2) is 8.18. The summed E-state index contributed by atoms with van der Waals surface area (Å²) in [6.07, 6.45) is 0. The Balaban J connectivity index is 1.77. The van der Waals surface area contributed by atoms with E-state index in [9.17, 15) is 4.79 Å². The van der Waals surface area contributed by atoms with Gasteiger partial charge in [0.15, 0.2) is 0 Å². The highest BCUT2D eigenvalue weighted by atomic mass is 16.5. The van der Waals surface area contributed by atoms with E-state index in [0.717, 1.165) is 36.7 Å². The number of nitrogens with one attached hydrogen (secondary N) is 1. The molecule has 3 rings (SSSR count). The Bertz CT molecular complexity index is 713. The fourth-order valence-corrected chi connectivity index (χ4v) is 3.16. The van der Waals surface area contributed by atoms with Crippen LogP contribution in [0.15, 0.2) is 40.8 Å². The van der Waals surface area contributed by atoms with Gasteiger partial charge in [0.1, 0.15) is 11.5 Å². The number of benzene rings is 1. The van der Waals surface area contributed by atoms with Gasteiger partial charge in [-0.1, -0.05) is 18.2 Å². The Kier molecular flexibility index (Phi) is 5.73. The quantitative estimate of drug-likeness (QED) is 0.813. The molecule has 0 saturated carbocycles. The average Bonchev–Trinajstić information content (AvgIpc) is 3.11. The van der Waals surface area contributed by atoms with Crippen molar-refractivity contribution in [3.8, 4) is 5.75 Å². The summed E-state index contributed by atoms with van der Waals surface area (Å²) in [6.45, 7) is 5.38. The van der Waals surface area contributed by atoms with Gasteiger partial charge in [-0.25, -0.2) is 4.79 Å². The highest BCUT2D eigenvalue weighted by molar-refractivity contribution is 5.86. The van der Waals surface area contributed by atoms with Gasteiger partial charge < -0.3 is 19.2 Å². The molecule has 1 fully saturated rings. The van der Waals surface area contributed by atoms with E-state index in [2.05, 4.69) is 16.3 Å². The number of furan rings is 1. The molecular weight excluding hydrogens is 320 g/mol. The lowest BCUT2D eigenvalue weighted by atomic mass is 10.0. The number of carbonyl (C=O) groups excluding carboxylic acids is 1. The van der Waals surface area contributed by atoms with E-state index in [4.69, 9.17) is 13.9 Å². The van der Waals surface area contributed by atoms with Gasteiger partial charge in [-0.3, -0.25) is 4.90 Å². The second-order valence-corrected chi connectivity index (χ2v) is 5.92. The van der Waals surface area contributed by atoms with Crippen molar-refractivity contribution in [3.05, 3.63) is 53.5 Å². The maximum Gasteiger partial charge on any atom is 0.374 e. The van der Waals surface area contributed by atoms with Crippen molar-refractivity contribution in [3.63, 3.8) is 0 Å². The number of ether oxygens (including phenoxy) is 2. The first-order valence-electron chi connectivity index (χ1n) is 8.56.